The van der Waals surface area contributed by atoms with Gasteiger partial charge in [-0.3, -0.25) is 0 Å². The molecule has 0 amide bonds. The fourth-order valence-electron chi connectivity index (χ4n) is 5.44. The predicted molar refractivity (Wildman–Crippen MR) is 177 cm³/mol. The highest BCUT2D eigenvalue weighted by molar-refractivity contribution is 7.23. The largest absolute Gasteiger partial charge is 0.340 e. The summed E-state index contributed by atoms with van der Waals surface area (Å²) in [7, 11) is 0. The molecule has 7 rings (SSSR count). The molecule has 194 valence electrons. The number of hydrogen-bond donors (Lipinski definition) is 0. The first-order valence-corrected chi connectivity index (χ1v) is 17.0. The number of fused-ring (bicyclic) bond motifs is 3. The maximum Gasteiger partial charge on any atom is 0.0491 e. The van der Waals surface area contributed by atoms with E-state index in [9.17, 15) is 0 Å². The van der Waals surface area contributed by atoms with Gasteiger partial charge in [-0.15, -0.1) is 45.3 Å². The third kappa shape index (κ3) is 4.82. The maximum absolute atomic E-state index is 2.56. The molecule has 5 aromatic heterocycles. The number of benzene rings is 2. The van der Waals surface area contributed by atoms with Crippen LogP contribution >= 0.6 is 45.3 Å². The van der Waals surface area contributed by atoms with Crippen LogP contribution in [0.25, 0.3) is 62.2 Å². The highest BCUT2D eigenvalue weighted by atomic mass is 32.1. The van der Waals surface area contributed by atoms with Crippen LogP contribution in [0.5, 0.6) is 0 Å². The summed E-state index contributed by atoms with van der Waals surface area (Å²) >= 11 is 7.41. The summed E-state index contributed by atoms with van der Waals surface area (Å²) in [6, 6.07) is 32.0. The van der Waals surface area contributed by atoms with Gasteiger partial charge in [-0.25, -0.2) is 0 Å². The maximum atomic E-state index is 2.56. The minimum Gasteiger partial charge on any atom is -0.340 e. The lowest BCUT2D eigenvalue weighted by Crippen LogP contribution is -1.97. The molecule has 1 nitrogen and oxygen atoms in total. The second-order valence-electron chi connectivity index (χ2n) is 9.96. The van der Waals surface area contributed by atoms with Crippen LogP contribution in [-0.2, 0) is 6.54 Å². The quantitative estimate of drug-likeness (QED) is 0.150. The first-order valence-electron chi connectivity index (χ1n) is 13.6. The summed E-state index contributed by atoms with van der Waals surface area (Å²) in [4.78, 5) is 8.05. The highest BCUT2D eigenvalue weighted by Crippen LogP contribution is 2.41. The van der Waals surface area contributed by atoms with Crippen molar-refractivity contribution in [2.45, 2.75) is 39.2 Å². The summed E-state index contributed by atoms with van der Waals surface area (Å²) in [6.07, 6.45) is 5.08. The third-order valence-electron chi connectivity index (χ3n) is 7.41. The molecular formula is C34H29NS4. The molecule has 0 radical (unpaired) electrons. The fourth-order valence-corrected chi connectivity index (χ4v) is 9.11. The number of unbranched alkanes of at least 4 members (excludes halogenated alkanes) is 3. The van der Waals surface area contributed by atoms with Crippen molar-refractivity contribution in [3.05, 3.63) is 95.7 Å². The zero-order chi connectivity index (χ0) is 26.2. The average molecular weight is 580 g/mol. The molecular weight excluding hydrogens is 551 g/mol. The van der Waals surface area contributed by atoms with Gasteiger partial charge in [0.25, 0.3) is 0 Å². The highest BCUT2D eigenvalue weighted by Gasteiger charge is 2.15. The normalized spacial score (nSPS) is 11.7. The molecule has 0 spiro atoms. The Kier molecular flexibility index (Phi) is 7.00. The van der Waals surface area contributed by atoms with Gasteiger partial charge in [0, 0.05) is 57.6 Å². The van der Waals surface area contributed by atoms with Crippen molar-refractivity contribution in [3.8, 4) is 40.4 Å². The zero-order valence-corrected chi connectivity index (χ0v) is 25.1. The van der Waals surface area contributed by atoms with Gasteiger partial charge >= 0.3 is 0 Å². The lowest BCUT2D eigenvalue weighted by molar-refractivity contribution is 0.602. The van der Waals surface area contributed by atoms with Crippen LogP contribution in [0.15, 0.2) is 95.7 Å². The summed E-state index contributed by atoms with van der Waals surface area (Å²) < 4.78 is 2.56. The number of hydrogen-bond acceptors (Lipinski definition) is 4. The van der Waals surface area contributed by atoms with Gasteiger partial charge in [0.1, 0.15) is 0 Å². The second kappa shape index (κ2) is 10.9. The van der Waals surface area contributed by atoms with E-state index >= 15 is 0 Å². The molecule has 0 aliphatic carbocycles. The molecule has 0 unspecified atom stereocenters. The van der Waals surface area contributed by atoms with Crippen molar-refractivity contribution in [1.82, 2.24) is 4.57 Å². The van der Waals surface area contributed by atoms with Crippen LogP contribution in [0.2, 0.25) is 0 Å². The van der Waals surface area contributed by atoms with Crippen LogP contribution in [0.4, 0.5) is 0 Å². The Morgan fingerprint density at radius 3 is 1.56 bits per heavy atom. The van der Waals surface area contributed by atoms with E-state index in [2.05, 4.69) is 107 Å². The molecule has 7 aromatic rings. The van der Waals surface area contributed by atoms with Gasteiger partial charge in [0.2, 0.25) is 0 Å². The van der Waals surface area contributed by atoms with Gasteiger partial charge in [-0.2, -0.15) is 0 Å². The van der Waals surface area contributed by atoms with Gasteiger partial charge in [-0.1, -0.05) is 50.5 Å². The Bertz CT molecular complexity index is 1710. The van der Waals surface area contributed by atoms with E-state index in [1.165, 1.54) is 87.9 Å². The minimum absolute atomic E-state index is 1.07. The van der Waals surface area contributed by atoms with Crippen molar-refractivity contribution in [3.63, 3.8) is 0 Å². The van der Waals surface area contributed by atoms with E-state index in [4.69, 9.17) is 0 Å². The van der Waals surface area contributed by atoms with Crippen molar-refractivity contribution >= 4 is 67.2 Å². The fraction of sp³-hybridized carbons (Fsp3) is 0.176. The topological polar surface area (TPSA) is 4.93 Å². The van der Waals surface area contributed by atoms with Crippen molar-refractivity contribution in [2.75, 3.05) is 0 Å². The average Bonchev–Trinajstić information content (AvgIpc) is 3.79. The van der Waals surface area contributed by atoms with Gasteiger partial charge in [0.05, 0.1) is 0 Å². The van der Waals surface area contributed by atoms with E-state index in [-0.39, 0.29) is 0 Å². The van der Waals surface area contributed by atoms with Crippen molar-refractivity contribution in [1.29, 1.82) is 0 Å². The number of nitrogens with zero attached hydrogens (tertiary/aromatic N) is 1. The van der Waals surface area contributed by atoms with Crippen LogP contribution in [0.1, 0.15) is 32.6 Å². The lowest BCUT2D eigenvalue weighted by atomic mass is 10.1. The Morgan fingerprint density at radius 2 is 1.08 bits per heavy atom. The first kappa shape index (κ1) is 25.0. The molecule has 0 N–H and O–H groups in total. The molecule has 2 aromatic carbocycles. The van der Waals surface area contributed by atoms with E-state index in [1.807, 2.05) is 45.3 Å². The van der Waals surface area contributed by atoms with E-state index in [0.29, 0.717) is 0 Å². The standard InChI is InChI=1S/C34H29NS4/c1-2-3-4-5-18-35-27-12-10-23(29-14-16-33(38-29)31-8-6-19-36-31)21-25(27)26-22-24(11-13-28(26)35)30-15-17-34(39-30)32-9-7-20-37-32/h6-17,19-22H,2-5,18H2,1H3. The van der Waals surface area contributed by atoms with Crippen LogP contribution in [0.3, 0.4) is 0 Å². The number of thiophene rings is 4. The van der Waals surface area contributed by atoms with Crippen LogP contribution in [0, 0.1) is 0 Å². The molecule has 5 heteroatoms. The number of rotatable bonds is 9. The lowest BCUT2D eigenvalue weighted by Gasteiger charge is -2.08. The predicted octanol–water partition coefficient (Wildman–Crippen LogP) is 12.3. The Balaban J connectivity index is 1.32. The van der Waals surface area contributed by atoms with Gasteiger partial charge in [0.15, 0.2) is 0 Å². The summed E-state index contributed by atoms with van der Waals surface area (Å²) in [6.45, 7) is 3.36. The van der Waals surface area contributed by atoms with E-state index in [0.717, 1.165) is 6.54 Å². The van der Waals surface area contributed by atoms with E-state index in [1.54, 1.807) is 0 Å². The van der Waals surface area contributed by atoms with Gasteiger partial charge in [-0.05, 0) is 89.0 Å². The number of aryl methyl sites for hydroxylation is 1. The van der Waals surface area contributed by atoms with Crippen molar-refractivity contribution in [2.24, 2.45) is 0 Å². The molecule has 5 heterocycles. The van der Waals surface area contributed by atoms with Gasteiger partial charge < -0.3 is 4.57 Å². The van der Waals surface area contributed by atoms with Crippen molar-refractivity contribution < 1.29 is 0 Å². The Morgan fingerprint density at radius 1 is 0.538 bits per heavy atom. The summed E-state index contributed by atoms with van der Waals surface area (Å²) in [5.74, 6) is 0. The monoisotopic (exact) mass is 579 g/mol. The summed E-state index contributed by atoms with van der Waals surface area (Å²) in [5.41, 5.74) is 5.31. The Hall–Kier alpha value is -2.96. The smallest absolute Gasteiger partial charge is 0.0491 e. The molecule has 0 aliphatic rings. The zero-order valence-electron chi connectivity index (χ0n) is 21.9. The third-order valence-corrected chi connectivity index (χ3v) is 11.8. The molecule has 0 fully saturated rings. The molecule has 39 heavy (non-hydrogen) atoms. The van der Waals surface area contributed by atoms with Crippen LogP contribution in [-0.4, -0.2) is 4.57 Å². The van der Waals surface area contributed by atoms with E-state index < -0.39 is 0 Å². The molecule has 0 atom stereocenters. The SMILES string of the molecule is CCCCCCn1c2ccc(-c3ccc(-c4cccs4)s3)cc2c2cc(-c3ccc(-c4cccs4)s3)ccc21. The second-order valence-corrected chi connectivity index (χ2v) is 14.0. The molecule has 0 saturated heterocycles. The first-order chi connectivity index (χ1) is 19.3. The summed E-state index contributed by atoms with van der Waals surface area (Å²) in [5, 5.41) is 7.04. The molecule has 0 saturated carbocycles. The van der Waals surface area contributed by atoms with Crippen LogP contribution < -0.4 is 0 Å². The molecule has 0 aliphatic heterocycles. The Labute approximate surface area is 245 Å². The molecule has 0 bridgehead atoms. The number of aromatic nitrogens is 1. The minimum atomic E-state index is 1.07.